The fourth-order valence-corrected chi connectivity index (χ4v) is 2.92. The Morgan fingerprint density at radius 3 is 1.71 bits per heavy atom. The normalized spacial score (nSPS) is 19.9. The molecule has 1 N–H and O–H groups in total. The summed E-state index contributed by atoms with van der Waals surface area (Å²) in [6.07, 6.45) is 15.3. The van der Waals surface area contributed by atoms with Gasteiger partial charge in [-0.05, 0) is 24.7 Å². The highest BCUT2D eigenvalue weighted by molar-refractivity contribution is 5.10. The first kappa shape index (κ1) is 28.7. The second-order valence-corrected chi connectivity index (χ2v) is 5.63. The van der Waals surface area contributed by atoms with Gasteiger partial charge < -0.3 is 9.90 Å². The lowest BCUT2D eigenvalue weighted by Gasteiger charge is -2.27. The highest BCUT2D eigenvalue weighted by atomic mass is 16.3. The average molecular weight is 305 g/mol. The minimum absolute atomic E-state index is 0. The largest absolute Gasteiger partial charge is 0.396 e. The van der Waals surface area contributed by atoms with Crippen molar-refractivity contribution in [1.82, 2.24) is 0 Å². The van der Waals surface area contributed by atoms with E-state index in [0.717, 1.165) is 5.92 Å². The summed E-state index contributed by atoms with van der Waals surface area (Å²) in [6.45, 7) is 4.70. The molecule has 1 fully saturated rings. The number of aliphatic hydroxyl groups is 1. The molecule has 0 amide bonds. The molecular formula is C19H44O2. The van der Waals surface area contributed by atoms with Crippen LogP contribution in [0.25, 0.3) is 0 Å². The van der Waals surface area contributed by atoms with E-state index in [1.807, 2.05) is 6.79 Å². The first-order valence-electron chi connectivity index (χ1n) is 7.76. The van der Waals surface area contributed by atoms with Crippen LogP contribution in [0.3, 0.4) is 0 Å². The van der Waals surface area contributed by atoms with Crippen molar-refractivity contribution in [2.45, 2.75) is 99.8 Å². The first-order valence-corrected chi connectivity index (χ1v) is 7.76. The second kappa shape index (κ2) is 21.9. The predicted octanol–water partition coefficient (Wildman–Crippen LogP) is 6.26. The standard InChI is InChI=1S/C15H30O.CH2O.3CH4/c1-2-3-4-5-6-7-8-14-9-11-15(13-16)12-10-14;1-2;;;/h14-16H,2-13H2,1H3;1H2;3*1H4. The van der Waals surface area contributed by atoms with Gasteiger partial charge in [-0.2, -0.15) is 0 Å². The van der Waals surface area contributed by atoms with Crippen LogP contribution in [0.4, 0.5) is 0 Å². The highest BCUT2D eigenvalue weighted by Gasteiger charge is 2.19. The molecule has 1 aliphatic carbocycles. The van der Waals surface area contributed by atoms with Crippen molar-refractivity contribution in [3.05, 3.63) is 0 Å². The number of hydrogen-bond acceptors (Lipinski definition) is 2. The summed E-state index contributed by atoms with van der Waals surface area (Å²) in [4.78, 5) is 8.00. The highest BCUT2D eigenvalue weighted by Crippen LogP contribution is 2.31. The van der Waals surface area contributed by atoms with Gasteiger partial charge in [0.25, 0.3) is 0 Å². The van der Waals surface area contributed by atoms with E-state index in [1.165, 1.54) is 70.6 Å². The molecule has 0 aromatic carbocycles. The molecular weight excluding hydrogens is 260 g/mol. The zero-order chi connectivity index (χ0) is 13.6. The Balaban J connectivity index is -0.000000276. The van der Waals surface area contributed by atoms with Crippen molar-refractivity contribution in [2.75, 3.05) is 6.61 Å². The molecule has 2 heteroatoms. The molecule has 0 aromatic heterocycles. The molecule has 1 saturated carbocycles. The van der Waals surface area contributed by atoms with Crippen molar-refractivity contribution in [3.8, 4) is 0 Å². The van der Waals surface area contributed by atoms with Crippen molar-refractivity contribution >= 4 is 6.79 Å². The molecule has 0 radical (unpaired) electrons. The molecule has 1 aliphatic rings. The summed E-state index contributed by atoms with van der Waals surface area (Å²) < 4.78 is 0. The number of rotatable bonds is 8. The van der Waals surface area contributed by atoms with Gasteiger partial charge in [0, 0.05) is 6.61 Å². The third-order valence-electron chi connectivity index (χ3n) is 4.19. The molecule has 0 heterocycles. The molecule has 21 heavy (non-hydrogen) atoms. The van der Waals surface area contributed by atoms with Gasteiger partial charge >= 0.3 is 0 Å². The number of carbonyl (C=O) groups is 1. The summed E-state index contributed by atoms with van der Waals surface area (Å²) in [5, 5.41) is 9.07. The van der Waals surface area contributed by atoms with Crippen LogP contribution in [-0.4, -0.2) is 18.5 Å². The SMILES string of the molecule is C.C.C.C=O.CCCCCCCCC1CCC(CO)CC1. The summed E-state index contributed by atoms with van der Waals surface area (Å²) in [5.41, 5.74) is 0. The number of unbranched alkanes of at least 4 members (excludes halogenated alkanes) is 5. The zero-order valence-corrected chi connectivity index (χ0v) is 12.2. The van der Waals surface area contributed by atoms with Crippen LogP contribution in [0.5, 0.6) is 0 Å². The van der Waals surface area contributed by atoms with E-state index in [9.17, 15) is 0 Å². The Labute approximate surface area is 135 Å². The van der Waals surface area contributed by atoms with Gasteiger partial charge in [0.2, 0.25) is 0 Å². The van der Waals surface area contributed by atoms with Crippen LogP contribution in [0, 0.1) is 11.8 Å². The maximum Gasteiger partial charge on any atom is 0.106 e. The summed E-state index contributed by atoms with van der Waals surface area (Å²) in [7, 11) is 0. The van der Waals surface area contributed by atoms with E-state index in [1.54, 1.807) is 0 Å². The third kappa shape index (κ3) is 15.8. The zero-order valence-electron chi connectivity index (χ0n) is 12.2. The van der Waals surface area contributed by atoms with Gasteiger partial charge in [-0.3, -0.25) is 0 Å². The van der Waals surface area contributed by atoms with E-state index < -0.39 is 0 Å². The lowest BCUT2D eigenvalue weighted by atomic mass is 9.80. The molecule has 0 spiro atoms. The fraction of sp³-hybridized carbons (Fsp3) is 0.947. The number of carbonyl (C=O) groups excluding carboxylic acids is 1. The van der Waals surface area contributed by atoms with Crippen molar-refractivity contribution in [1.29, 1.82) is 0 Å². The Morgan fingerprint density at radius 2 is 1.24 bits per heavy atom. The molecule has 0 unspecified atom stereocenters. The summed E-state index contributed by atoms with van der Waals surface area (Å²) in [5.74, 6) is 1.61. The quantitative estimate of drug-likeness (QED) is 0.537. The monoisotopic (exact) mass is 304 g/mol. The first-order chi connectivity index (χ1) is 8.86. The predicted molar refractivity (Wildman–Crippen MR) is 97.8 cm³/mol. The molecule has 132 valence electrons. The van der Waals surface area contributed by atoms with Gasteiger partial charge in [-0.1, -0.05) is 87.0 Å². The minimum Gasteiger partial charge on any atom is -0.396 e. The number of hydrogen-bond donors (Lipinski definition) is 1. The summed E-state index contributed by atoms with van der Waals surface area (Å²) in [6, 6.07) is 0. The molecule has 2 nitrogen and oxygen atoms in total. The van der Waals surface area contributed by atoms with Crippen LogP contribution in [0.2, 0.25) is 0 Å². The minimum atomic E-state index is 0. The van der Waals surface area contributed by atoms with Crippen molar-refractivity contribution in [2.24, 2.45) is 11.8 Å². The van der Waals surface area contributed by atoms with E-state index in [0.29, 0.717) is 12.5 Å². The molecule has 0 aromatic rings. The Kier molecular flexibility index (Phi) is 30.0. The maximum absolute atomic E-state index is 9.07. The fourth-order valence-electron chi connectivity index (χ4n) is 2.92. The molecule has 0 saturated heterocycles. The lowest BCUT2D eigenvalue weighted by Crippen LogP contribution is -2.17. The maximum atomic E-state index is 9.07. The molecule has 0 atom stereocenters. The van der Waals surface area contributed by atoms with E-state index in [4.69, 9.17) is 9.90 Å². The van der Waals surface area contributed by atoms with Gasteiger partial charge in [-0.15, -0.1) is 0 Å². The Bertz CT molecular complexity index is 163. The van der Waals surface area contributed by atoms with Gasteiger partial charge in [-0.25, -0.2) is 0 Å². The van der Waals surface area contributed by atoms with Gasteiger partial charge in [0.15, 0.2) is 0 Å². The van der Waals surface area contributed by atoms with E-state index in [-0.39, 0.29) is 22.3 Å². The van der Waals surface area contributed by atoms with Gasteiger partial charge in [0.05, 0.1) is 0 Å². The van der Waals surface area contributed by atoms with E-state index in [2.05, 4.69) is 6.92 Å². The smallest absolute Gasteiger partial charge is 0.106 e. The molecule has 1 rings (SSSR count). The van der Waals surface area contributed by atoms with E-state index >= 15 is 0 Å². The average Bonchev–Trinajstić information content (AvgIpc) is 2.45. The van der Waals surface area contributed by atoms with Crippen LogP contribution < -0.4 is 0 Å². The topological polar surface area (TPSA) is 37.3 Å². The number of aliphatic hydroxyl groups excluding tert-OH is 1. The summed E-state index contributed by atoms with van der Waals surface area (Å²) >= 11 is 0. The van der Waals surface area contributed by atoms with Crippen LogP contribution in [0.1, 0.15) is 99.8 Å². The Hall–Kier alpha value is -0.370. The van der Waals surface area contributed by atoms with Crippen molar-refractivity contribution in [3.63, 3.8) is 0 Å². The molecule has 0 bridgehead atoms. The Morgan fingerprint density at radius 1 is 0.810 bits per heavy atom. The van der Waals surface area contributed by atoms with Crippen LogP contribution >= 0.6 is 0 Å². The molecule has 0 aliphatic heterocycles. The van der Waals surface area contributed by atoms with Gasteiger partial charge in [0.1, 0.15) is 6.79 Å². The van der Waals surface area contributed by atoms with Crippen molar-refractivity contribution < 1.29 is 9.90 Å². The third-order valence-corrected chi connectivity index (χ3v) is 4.19. The second-order valence-electron chi connectivity index (χ2n) is 5.63. The lowest BCUT2D eigenvalue weighted by molar-refractivity contribution is -0.0979. The van der Waals surface area contributed by atoms with Crippen LogP contribution in [-0.2, 0) is 4.79 Å². The van der Waals surface area contributed by atoms with Crippen LogP contribution in [0.15, 0.2) is 0 Å².